The summed E-state index contributed by atoms with van der Waals surface area (Å²) in [6, 6.07) is 3.31. The van der Waals surface area contributed by atoms with E-state index >= 15 is 0 Å². The smallest absolute Gasteiger partial charge is 0.263 e. The minimum Gasteiger partial charge on any atom is -0.381 e. The standard InChI is InChI=1S/C17H20N4O3S/c1-10(2)15-20-17(24-21-15)13(11-3-6-23-7-4-11)19-16(22)14-12(9-18)5-8-25-14/h5,8,10-11,13H,3-4,6-7H2,1-2H3,(H,19,22)/t13-/m0/s1. The van der Waals surface area contributed by atoms with Crippen molar-refractivity contribution in [2.24, 2.45) is 5.92 Å². The van der Waals surface area contributed by atoms with E-state index in [1.54, 1.807) is 11.4 Å². The maximum atomic E-state index is 12.7. The molecule has 0 aromatic carbocycles. The van der Waals surface area contributed by atoms with Crippen molar-refractivity contribution in [3.05, 3.63) is 33.6 Å². The summed E-state index contributed by atoms with van der Waals surface area (Å²) in [6.45, 7) is 5.26. The molecule has 1 aliphatic rings. The van der Waals surface area contributed by atoms with Crippen molar-refractivity contribution in [1.29, 1.82) is 5.26 Å². The number of hydrogen-bond acceptors (Lipinski definition) is 7. The first kappa shape index (κ1) is 17.6. The lowest BCUT2D eigenvalue weighted by molar-refractivity contribution is 0.0468. The van der Waals surface area contributed by atoms with E-state index in [2.05, 4.69) is 15.5 Å². The van der Waals surface area contributed by atoms with E-state index in [-0.39, 0.29) is 23.8 Å². The van der Waals surface area contributed by atoms with Gasteiger partial charge in [-0.2, -0.15) is 10.2 Å². The molecule has 0 saturated carbocycles. The molecule has 1 saturated heterocycles. The molecule has 0 aliphatic carbocycles. The van der Waals surface area contributed by atoms with E-state index in [0.29, 0.717) is 35.4 Å². The first-order valence-electron chi connectivity index (χ1n) is 8.29. The van der Waals surface area contributed by atoms with Crippen LogP contribution in [0.5, 0.6) is 0 Å². The van der Waals surface area contributed by atoms with Crippen LogP contribution in [0, 0.1) is 17.2 Å². The Balaban J connectivity index is 1.85. The zero-order chi connectivity index (χ0) is 17.8. The summed E-state index contributed by atoms with van der Waals surface area (Å²) in [7, 11) is 0. The summed E-state index contributed by atoms with van der Waals surface area (Å²) in [5, 5.41) is 17.9. The minimum atomic E-state index is -0.384. The molecule has 7 nitrogen and oxygen atoms in total. The molecule has 1 fully saturated rings. The van der Waals surface area contributed by atoms with E-state index < -0.39 is 0 Å². The Labute approximate surface area is 150 Å². The zero-order valence-electron chi connectivity index (χ0n) is 14.2. The predicted molar refractivity (Wildman–Crippen MR) is 91.2 cm³/mol. The summed E-state index contributed by atoms with van der Waals surface area (Å²) >= 11 is 1.25. The number of nitrogens with zero attached hydrogens (tertiary/aromatic N) is 3. The first-order valence-corrected chi connectivity index (χ1v) is 9.17. The normalized spacial score (nSPS) is 16.6. The van der Waals surface area contributed by atoms with Gasteiger partial charge < -0.3 is 14.6 Å². The molecule has 2 aromatic heterocycles. The van der Waals surface area contributed by atoms with Gasteiger partial charge in [0.2, 0.25) is 5.89 Å². The van der Waals surface area contributed by atoms with Gasteiger partial charge in [-0.25, -0.2) is 0 Å². The molecule has 8 heteroatoms. The van der Waals surface area contributed by atoms with Gasteiger partial charge in [0.05, 0.1) is 5.56 Å². The lowest BCUT2D eigenvalue weighted by atomic mass is 9.91. The fraction of sp³-hybridized carbons (Fsp3) is 0.529. The highest BCUT2D eigenvalue weighted by molar-refractivity contribution is 7.12. The molecule has 3 rings (SSSR count). The van der Waals surface area contributed by atoms with E-state index in [1.807, 2.05) is 19.9 Å². The number of thiophene rings is 1. The molecule has 1 N–H and O–H groups in total. The van der Waals surface area contributed by atoms with Gasteiger partial charge in [-0.05, 0) is 30.2 Å². The second-order valence-electron chi connectivity index (χ2n) is 6.32. The molecule has 1 amide bonds. The van der Waals surface area contributed by atoms with Gasteiger partial charge >= 0.3 is 0 Å². The maximum absolute atomic E-state index is 12.7. The van der Waals surface area contributed by atoms with Crippen LogP contribution in [0.25, 0.3) is 0 Å². The number of ether oxygens (including phenoxy) is 1. The van der Waals surface area contributed by atoms with E-state index in [1.165, 1.54) is 11.3 Å². The number of aromatic nitrogens is 2. The predicted octanol–water partition coefficient (Wildman–Crippen LogP) is 3.02. The number of hydrogen-bond donors (Lipinski definition) is 1. The SMILES string of the molecule is CC(C)c1noc([C@@H](NC(=O)c2sccc2C#N)C2CCOCC2)n1. The number of rotatable bonds is 5. The third-order valence-corrected chi connectivity index (χ3v) is 5.17. The summed E-state index contributed by atoms with van der Waals surface area (Å²) in [6.07, 6.45) is 1.61. The van der Waals surface area contributed by atoms with Gasteiger partial charge in [-0.15, -0.1) is 11.3 Å². The fourth-order valence-corrected chi connectivity index (χ4v) is 3.57. The highest BCUT2D eigenvalue weighted by atomic mass is 32.1. The average Bonchev–Trinajstić information content (AvgIpc) is 3.29. The Kier molecular flexibility index (Phi) is 5.46. The van der Waals surface area contributed by atoms with Crippen LogP contribution in [0.4, 0.5) is 0 Å². The summed E-state index contributed by atoms with van der Waals surface area (Å²) in [5.41, 5.74) is 0.377. The molecular weight excluding hydrogens is 340 g/mol. The molecular formula is C17H20N4O3S. The van der Waals surface area contributed by atoms with Crippen molar-refractivity contribution < 1.29 is 14.1 Å². The molecule has 132 valence electrons. The molecule has 1 atom stereocenters. The molecule has 0 spiro atoms. The Morgan fingerprint density at radius 1 is 1.44 bits per heavy atom. The lowest BCUT2D eigenvalue weighted by Gasteiger charge is -2.28. The van der Waals surface area contributed by atoms with Crippen molar-refractivity contribution in [3.63, 3.8) is 0 Å². The summed E-state index contributed by atoms with van der Waals surface area (Å²) in [4.78, 5) is 17.6. The van der Waals surface area contributed by atoms with Crippen molar-refractivity contribution in [3.8, 4) is 6.07 Å². The Morgan fingerprint density at radius 3 is 2.84 bits per heavy atom. The second-order valence-corrected chi connectivity index (χ2v) is 7.24. The molecule has 3 heterocycles. The molecule has 0 unspecified atom stereocenters. The fourth-order valence-electron chi connectivity index (χ4n) is 2.82. The molecule has 25 heavy (non-hydrogen) atoms. The summed E-state index contributed by atoms with van der Waals surface area (Å²) < 4.78 is 10.9. The van der Waals surface area contributed by atoms with E-state index in [0.717, 1.165) is 12.8 Å². The zero-order valence-corrected chi connectivity index (χ0v) is 15.0. The number of amides is 1. The van der Waals surface area contributed by atoms with Crippen molar-refractivity contribution >= 4 is 17.2 Å². The Hall–Kier alpha value is -2.24. The van der Waals surface area contributed by atoms with Crippen LogP contribution in [-0.4, -0.2) is 29.3 Å². The van der Waals surface area contributed by atoms with Crippen molar-refractivity contribution in [2.75, 3.05) is 13.2 Å². The number of carbonyl (C=O) groups excluding carboxylic acids is 1. The third kappa shape index (κ3) is 3.89. The number of nitrogens with one attached hydrogen (secondary N) is 1. The van der Waals surface area contributed by atoms with Crippen molar-refractivity contribution in [1.82, 2.24) is 15.5 Å². The molecule has 2 aromatic rings. The van der Waals surface area contributed by atoms with Crippen LogP contribution < -0.4 is 5.32 Å². The van der Waals surface area contributed by atoms with Crippen LogP contribution in [0.3, 0.4) is 0 Å². The van der Waals surface area contributed by atoms with Crippen LogP contribution in [0.1, 0.15) is 65.6 Å². The molecule has 0 radical (unpaired) electrons. The first-order chi connectivity index (χ1) is 12.1. The quantitative estimate of drug-likeness (QED) is 0.879. The highest BCUT2D eigenvalue weighted by Gasteiger charge is 2.32. The topological polar surface area (TPSA) is 101 Å². The average molecular weight is 360 g/mol. The third-order valence-electron chi connectivity index (χ3n) is 4.26. The van der Waals surface area contributed by atoms with Gasteiger partial charge in [0.15, 0.2) is 5.82 Å². The van der Waals surface area contributed by atoms with E-state index in [4.69, 9.17) is 14.5 Å². The maximum Gasteiger partial charge on any atom is 0.263 e. The summed E-state index contributed by atoms with van der Waals surface area (Å²) in [5.74, 6) is 1.05. The second kappa shape index (κ2) is 7.76. The van der Waals surface area contributed by atoms with Gasteiger partial charge in [-0.1, -0.05) is 19.0 Å². The largest absolute Gasteiger partial charge is 0.381 e. The molecule has 0 bridgehead atoms. The van der Waals surface area contributed by atoms with Gasteiger partial charge in [0, 0.05) is 19.1 Å². The van der Waals surface area contributed by atoms with E-state index in [9.17, 15) is 4.79 Å². The van der Waals surface area contributed by atoms with Crippen LogP contribution in [-0.2, 0) is 4.74 Å². The lowest BCUT2D eigenvalue weighted by Crippen LogP contribution is -2.36. The van der Waals surface area contributed by atoms with Gasteiger partial charge in [-0.3, -0.25) is 4.79 Å². The number of carbonyl (C=O) groups is 1. The highest BCUT2D eigenvalue weighted by Crippen LogP contribution is 2.31. The monoisotopic (exact) mass is 360 g/mol. The molecule has 1 aliphatic heterocycles. The van der Waals surface area contributed by atoms with Gasteiger partial charge in [0.1, 0.15) is 17.0 Å². The van der Waals surface area contributed by atoms with Crippen molar-refractivity contribution in [2.45, 2.75) is 38.6 Å². The Morgan fingerprint density at radius 2 is 2.20 bits per heavy atom. The van der Waals surface area contributed by atoms with Crippen LogP contribution in [0.15, 0.2) is 16.0 Å². The number of nitriles is 1. The van der Waals surface area contributed by atoms with Crippen LogP contribution in [0.2, 0.25) is 0 Å². The van der Waals surface area contributed by atoms with Gasteiger partial charge in [0.25, 0.3) is 5.91 Å². The minimum absolute atomic E-state index is 0.144. The van der Waals surface area contributed by atoms with Crippen LogP contribution >= 0.6 is 11.3 Å². The Bertz CT molecular complexity index is 771.